The number of halogens is 2. The van der Waals surface area contributed by atoms with Crippen LogP contribution in [0, 0.1) is 0 Å². The number of hydrogen-bond acceptors (Lipinski definition) is 4. The van der Waals surface area contributed by atoms with Crippen molar-refractivity contribution in [3.63, 3.8) is 0 Å². The maximum atomic E-state index is 12.4. The van der Waals surface area contributed by atoms with Gasteiger partial charge in [0.05, 0.1) is 23.6 Å². The molecule has 0 spiro atoms. The Labute approximate surface area is 131 Å². The van der Waals surface area contributed by atoms with Crippen LogP contribution in [0.2, 0.25) is 0 Å². The first kappa shape index (κ1) is 14.6. The molecule has 0 atom stereocenters. The molecule has 0 aliphatic carbocycles. The van der Waals surface area contributed by atoms with Gasteiger partial charge in [-0.05, 0) is 50.1 Å². The second kappa shape index (κ2) is 6.07. The highest BCUT2D eigenvalue weighted by Gasteiger charge is 2.18. The predicted octanol–water partition coefficient (Wildman–Crippen LogP) is 4.52. The summed E-state index contributed by atoms with van der Waals surface area (Å²) in [5.41, 5.74) is 0.563. The van der Waals surface area contributed by atoms with Crippen LogP contribution >= 0.6 is 43.2 Å². The number of carbonyl (C=O) groups is 1. The van der Waals surface area contributed by atoms with E-state index in [-0.39, 0.29) is 5.78 Å². The van der Waals surface area contributed by atoms with Crippen LogP contribution < -0.4 is 9.47 Å². The molecule has 0 bridgehead atoms. The van der Waals surface area contributed by atoms with Crippen molar-refractivity contribution in [3.05, 3.63) is 43.0 Å². The average Bonchev–Trinajstić information content (AvgIpc) is 2.77. The SMILES string of the molecule is COc1ccc(C(=O)c2scc(Br)c2Br)cc1OC. The van der Waals surface area contributed by atoms with E-state index in [0.717, 1.165) is 8.95 Å². The Bertz CT molecular complexity index is 622. The minimum atomic E-state index is -0.0523. The Hall–Kier alpha value is -0.850. The molecule has 3 nitrogen and oxygen atoms in total. The number of thiophene rings is 1. The monoisotopic (exact) mass is 404 g/mol. The van der Waals surface area contributed by atoms with Crippen molar-refractivity contribution in [2.75, 3.05) is 14.2 Å². The van der Waals surface area contributed by atoms with Crippen molar-refractivity contribution in [1.29, 1.82) is 0 Å². The van der Waals surface area contributed by atoms with Crippen LogP contribution in [0.25, 0.3) is 0 Å². The van der Waals surface area contributed by atoms with Gasteiger partial charge in [0.25, 0.3) is 0 Å². The molecule has 2 aromatic rings. The molecule has 0 saturated carbocycles. The topological polar surface area (TPSA) is 35.5 Å². The molecule has 1 aromatic carbocycles. The maximum absolute atomic E-state index is 12.4. The minimum Gasteiger partial charge on any atom is -0.493 e. The zero-order valence-electron chi connectivity index (χ0n) is 10.2. The van der Waals surface area contributed by atoms with E-state index in [4.69, 9.17) is 9.47 Å². The van der Waals surface area contributed by atoms with E-state index in [2.05, 4.69) is 31.9 Å². The first-order chi connectivity index (χ1) is 9.08. The van der Waals surface area contributed by atoms with Gasteiger partial charge in [0.2, 0.25) is 5.78 Å². The standard InChI is InChI=1S/C13H10Br2O3S/c1-17-9-4-3-7(5-10(9)18-2)12(16)13-11(15)8(14)6-19-13/h3-6H,1-2H3. The van der Waals surface area contributed by atoms with Crippen LogP contribution in [0.15, 0.2) is 32.5 Å². The molecule has 0 aliphatic heterocycles. The molecule has 0 fully saturated rings. The first-order valence-electron chi connectivity index (χ1n) is 5.27. The fourth-order valence-electron chi connectivity index (χ4n) is 1.58. The first-order valence-corrected chi connectivity index (χ1v) is 7.74. The van der Waals surface area contributed by atoms with Crippen LogP contribution in [0.3, 0.4) is 0 Å². The van der Waals surface area contributed by atoms with Gasteiger partial charge in [0.1, 0.15) is 0 Å². The third-order valence-corrected chi connectivity index (χ3v) is 6.07. The van der Waals surface area contributed by atoms with Crippen molar-refractivity contribution < 1.29 is 14.3 Å². The Morgan fingerprint density at radius 1 is 1.16 bits per heavy atom. The predicted molar refractivity (Wildman–Crippen MR) is 82.7 cm³/mol. The van der Waals surface area contributed by atoms with E-state index in [1.807, 2.05) is 5.38 Å². The summed E-state index contributed by atoms with van der Waals surface area (Å²) in [7, 11) is 3.11. The van der Waals surface area contributed by atoms with E-state index in [0.29, 0.717) is 21.9 Å². The molecular formula is C13H10Br2O3S. The van der Waals surface area contributed by atoms with Crippen molar-refractivity contribution >= 4 is 49.0 Å². The van der Waals surface area contributed by atoms with Crippen LogP contribution in [0.5, 0.6) is 11.5 Å². The molecule has 100 valence electrons. The van der Waals surface area contributed by atoms with Gasteiger partial charge in [-0.3, -0.25) is 4.79 Å². The molecule has 0 aliphatic rings. The quantitative estimate of drug-likeness (QED) is 0.701. The van der Waals surface area contributed by atoms with Crippen LogP contribution in [-0.4, -0.2) is 20.0 Å². The zero-order valence-corrected chi connectivity index (χ0v) is 14.2. The summed E-state index contributed by atoms with van der Waals surface area (Å²) in [6, 6.07) is 5.13. The van der Waals surface area contributed by atoms with Crippen molar-refractivity contribution in [2.45, 2.75) is 0 Å². The van der Waals surface area contributed by atoms with Gasteiger partial charge in [0.15, 0.2) is 11.5 Å². The summed E-state index contributed by atoms with van der Waals surface area (Å²) >= 11 is 8.16. The number of ketones is 1. The smallest absolute Gasteiger partial charge is 0.204 e. The van der Waals surface area contributed by atoms with E-state index in [1.165, 1.54) is 11.3 Å². The Morgan fingerprint density at radius 2 is 1.84 bits per heavy atom. The molecule has 6 heteroatoms. The second-order valence-corrected chi connectivity index (χ2v) is 6.15. The molecule has 1 heterocycles. The van der Waals surface area contributed by atoms with Gasteiger partial charge < -0.3 is 9.47 Å². The number of benzene rings is 1. The van der Waals surface area contributed by atoms with E-state index in [9.17, 15) is 4.79 Å². The lowest BCUT2D eigenvalue weighted by molar-refractivity contribution is 0.104. The summed E-state index contributed by atoms with van der Waals surface area (Å²) < 4.78 is 12.0. The molecule has 0 radical (unpaired) electrons. The molecule has 19 heavy (non-hydrogen) atoms. The van der Waals surface area contributed by atoms with Gasteiger partial charge in [-0.15, -0.1) is 11.3 Å². The zero-order chi connectivity index (χ0) is 14.0. The lowest BCUT2D eigenvalue weighted by Crippen LogP contribution is -2.01. The fourth-order valence-corrected chi connectivity index (χ4v) is 3.70. The second-order valence-electron chi connectivity index (χ2n) is 3.63. The molecule has 0 amide bonds. The maximum Gasteiger partial charge on any atom is 0.204 e. The van der Waals surface area contributed by atoms with Crippen LogP contribution in [-0.2, 0) is 0 Å². The van der Waals surface area contributed by atoms with E-state index >= 15 is 0 Å². The van der Waals surface area contributed by atoms with E-state index in [1.54, 1.807) is 32.4 Å². The highest BCUT2D eigenvalue weighted by Crippen LogP contribution is 2.35. The van der Waals surface area contributed by atoms with Gasteiger partial charge in [-0.1, -0.05) is 0 Å². The molecule has 0 N–H and O–H groups in total. The summed E-state index contributed by atoms with van der Waals surface area (Å²) in [4.78, 5) is 13.1. The Balaban J connectivity index is 2.42. The fraction of sp³-hybridized carbons (Fsp3) is 0.154. The van der Waals surface area contributed by atoms with Crippen LogP contribution in [0.4, 0.5) is 0 Å². The van der Waals surface area contributed by atoms with E-state index < -0.39 is 0 Å². The third-order valence-electron chi connectivity index (χ3n) is 2.54. The normalized spacial score (nSPS) is 10.3. The van der Waals surface area contributed by atoms with Gasteiger partial charge >= 0.3 is 0 Å². The molecular weight excluding hydrogens is 396 g/mol. The van der Waals surface area contributed by atoms with Crippen molar-refractivity contribution in [2.24, 2.45) is 0 Å². The highest BCUT2D eigenvalue weighted by molar-refractivity contribution is 9.13. The van der Waals surface area contributed by atoms with Gasteiger partial charge in [-0.2, -0.15) is 0 Å². The largest absolute Gasteiger partial charge is 0.493 e. The number of methoxy groups -OCH3 is 2. The Kier molecular flexibility index (Phi) is 4.65. The number of ether oxygens (including phenoxy) is 2. The lowest BCUT2D eigenvalue weighted by Gasteiger charge is -2.08. The molecule has 1 aromatic heterocycles. The summed E-state index contributed by atoms with van der Waals surface area (Å²) in [5, 5.41) is 1.87. The summed E-state index contributed by atoms with van der Waals surface area (Å²) in [6.07, 6.45) is 0. The summed E-state index contributed by atoms with van der Waals surface area (Å²) in [5.74, 6) is 1.09. The van der Waals surface area contributed by atoms with Gasteiger partial charge in [-0.25, -0.2) is 0 Å². The van der Waals surface area contributed by atoms with Crippen molar-refractivity contribution in [1.82, 2.24) is 0 Å². The molecule has 2 rings (SSSR count). The minimum absolute atomic E-state index is 0.0523. The Morgan fingerprint density at radius 3 is 2.37 bits per heavy atom. The lowest BCUT2D eigenvalue weighted by atomic mass is 10.1. The summed E-state index contributed by atoms with van der Waals surface area (Å²) in [6.45, 7) is 0. The number of carbonyl (C=O) groups excluding carboxylic acids is 1. The molecule has 0 unspecified atom stereocenters. The van der Waals surface area contributed by atoms with Crippen LogP contribution in [0.1, 0.15) is 15.2 Å². The van der Waals surface area contributed by atoms with Crippen molar-refractivity contribution in [3.8, 4) is 11.5 Å². The number of rotatable bonds is 4. The molecule has 0 saturated heterocycles. The third kappa shape index (κ3) is 2.85. The number of hydrogen-bond donors (Lipinski definition) is 0. The highest BCUT2D eigenvalue weighted by atomic mass is 79.9. The average molecular weight is 406 g/mol. The van der Waals surface area contributed by atoms with Gasteiger partial charge in [0, 0.05) is 15.4 Å².